The van der Waals surface area contributed by atoms with Crippen LogP contribution in [0.25, 0.3) is 38.6 Å². The summed E-state index contributed by atoms with van der Waals surface area (Å²) in [4.78, 5) is 14.3. The van der Waals surface area contributed by atoms with Crippen molar-refractivity contribution >= 4 is 45.6 Å². The number of hydrogen-bond donors (Lipinski definition) is 2. The summed E-state index contributed by atoms with van der Waals surface area (Å²) in [5.74, 6) is 0.632. The molecule has 0 amide bonds. The molecule has 0 spiro atoms. The molecule has 5 aromatic heterocycles. The second-order valence-corrected chi connectivity index (χ2v) is 7.58. The van der Waals surface area contributed by atoms with Gasteiger partial charge in [-0.15, -0.1) is 24.0 Å². The van der Waals surface area contributed by atoms with E-state index in [0.29, 0.717) is 11.5 Å². The van der Waals surface area contributed by atoms with Gasteiger partial charge in [-0.2, -0.15) is 5.10 Å². The minimum absolute atomic E-state index is 0.632. The smallest absolute Gasteiger partial charge is 0.234 e. The number of aryl methyl sites for hydroxylation is 1. The van der Waals surface area contributed by atoms with Gasteiger partial charge in [0.15, 0.2) is 0 Å². The van der Waals surface area contributed by atoms with E-state index in [1.54, 1.807) is 18.6 Å². The number of nitrogens with two attached hydrogens (primary N) is 1. The molecule has 0 saturated heterocycles. The minimum atomic E-state index is 0.632. The SMILES string of the molecule is Cn1nccc1-c1cc(-c2cnc3ncccn23)nc2sc(S)c(N)c12. The van der Waals surface area contributed by atoms with Crippen LogP contribution in [0.5, 0.6) is 0 Å². The minimum Gasteiger partial charge on any atom is -0.397 e. The van der Waals surface area contributed by atoms with E-state index in [2.05, 4.69) is 27.7 Å². The van der Waals surface area contributed by atoms with Crippen LogP contribution < -0.4 is 5.73 Å². The van der Waals surface area contributed by atoms with Crippen LogP contribution in [0.15, 0.2) is 47.2 Å². The number of thiol groups is 1. The van der Waals surface area contributed by atoms with E-state index >= 15 is 0 Å². The fraction of sp³-hybridized carbons (Fsp3) is 0.0588. The molecule has 26 heavy (non-hydrogen) atoms. The van der Waals surface area contributed by atoms with Crippen molar-refractivity contribution in [1.29, 1.82) is 0 Å². The monoisotopic (exact) mass is 379 g/mol. The van der Waals surface area contributed by atoms with E-state index in [1.165, 1.54) is 11.3 Å². The standard InChI is InChI=1S/C17H13N7S2/c1-23-11(3-5-21-23)9-7-10(22-15-13(9)14(18)16(25)26-15)12-8-20-17-19-4-2-6-24(12)17/h2-8,25H,18H2,1H3. The van der Waals surface area contributed by atoms with Gasteiger partial charge in [-0.3, -0.25) is 9.08 Å². The Morgan fingerprint density at radius 1 is 1.19 bits per heavy atom. The molecule has 0 bridgehead atoms. The Balaban J connectivity index is 1.87. The van der Waals surface area contributed by atoms with Crippen molar-refractivity contribution in [2.24, 2.45) is 7.05 Å². The van der Waals surface area contributed by atoms with Crippen molar-refractivity contribution in [3.63, 3.8) is 0 Å². The molecule has 0 unspecified atom stereocenters. The molecule has 0 aliphatic heterocycles. The zero-order valence-corrected chi connectivity index (χ0v) is 15.4. The lowest BCUT2D eigenvalue weighted by Crippen LogP contribution is -1.97. The molecule has 0 radical (unpaired) electrons. The third-order valence-corrected chi connectivity index (χ3v) is 5.74. The third-order valence-electron chi connectivity index (χ3n) is 4.33. The molecular weight excluding hydrogens is 366 g/mol. The maximum Gasteiger partial charge on any atom is 0.234 e. The van der Waals surface area contributed by atoms with E-state index in [0.717, 1.165) is 37.1 Å². The van der Waals surface area contributed by atoms with E-state index in [-0.39, 0.29) is 0 Å². The number of nitrogens with zero attached hydrogens (tertiary/aromatic N) is 6. The molecule has 5 rings (SSSR count). The van der Waals surface area contributed by atoms with Gasteiger partial charge in [0.2, 0.25) is 5.78 Å². The second-order valence-electron chi connectivity index (χ2n) is 5.83. The Labute approximate surface area is 157 Å². The van der Waals surface area contributed by atoms with E-state index < -0.39 is 0 Å². The fourth-order valence-electron chi connectivity index (χ4n) is 3.10. The lowest BCUT2D eigenvalue weighted by molar-refractivity contribution is 0.776. The molecule has 2 N–H and O–H groups in total. The molecule has 0 atom stereocenters. The summed E-state index contributed by atoms with van der Waals surface area (Å²) in [5, 5.41) is 5.19. The molecule has 5 heterocycles. The predicted octanol–water partition coefficient (Wildman–Crippen LogP) is 3.28. The van der Waals surface area contributed by atoms with Crippen molar-refractivity contribution in [3.05, 3.63) is 43.0 Å². The van der Waals surface area contributed by atoms with Crippen molar-refractivity contribution in [2.45, 2.75) is 4.21 Å². The van der Waals surface area contributed by atoms with Crippen molar-refractivity contribution in [2.75, 3.05) is 5.73 Å². The van der Waals surface area contributed by atoms with Gasteiger partial charge < -0.3 is 5.73 Å². The van der Waals surface area contributed by atoms with Crippen LogP contribution in [0, 0.1) is 0 Å². The number of rotatable bonds is 2. The number of thiophene rings is 1. The molecule has 128 valence electrons. The molecule has 0 aliphatic carbocycles. The van der Waals surface area contributed by atoms with Gasteiger partial charge in [-0.1, -0.05) is 0 Å². The lowest BCUT2D eigenvalue weighted by Gasteiger charge is -2.08. The van der Waals surface area contributed by atoms with E-state index in [1.807, 2.05) is 40.5 Å². The predicted molar refractivity (Wildman–Crippen MR) is 105 cm³/mol. The first-order valence-corrected chi connectivity index (χ1v) is 9.08. The highest BCUT2D eigenvalue weighted by molar-refractivity contribution is 7.83. The summed E-state index contributed by atoms with van der Waals surface area (Å²) in [6.45, 7) is 0. The molecule has 5 aromatic rings. The number of nitrogen functional groups attached to an aromatic ring is 1. The van der Waals surface area contributed by atoms with Crippen LogP contribution in [-0.2, 0) is 7.05 Å². The van der Waals surface area contributed by atoms with Gasteiger partial charge in [0.1, 0.15) is 4.83 Å². The van der Waals surface area contributed by atoms with Crippen molar-refractivity contribution in [3.8, 4) is 22.6 Å². The third kappa shape index (κ3) is 2.14. The van der Waals surface area contributed by atoms with Crippen LogP contribution in [-0.4, -0.2) is 29.1 Å². The topological polar surface area (TPSA) is 86.9 Å². The first kappa shape index (κ1) is 15.4. The molecule has 0 aliphatic rings. The Morgan fingerprint density at radius 2 is 2.08 bits per heavy atom. The highest BCUT2D eigenvalue weighted by Gasteiger charge is 2.19. The number of imidazole rings is 1. The van der Waals surface area contributed by atoms with Gasteiger partial charge in [0.05, 0.1) is 33.2 Å². The maximum absolute atomic E-state index is 6.29. The highest BCUT2D eigenvalue weighted by Crippen LogP contribution is 2.42. The summed E-state index contributed by atoms with van der Waals surface area (Å²) in [7, 11) is 1.91. The first-order chi connectivity index (χ1) is 12.6. The number of anilines is 1. The summed E-state index contributed by atoms with van der Waals surface area (Å²) in [6, 6.07) is 5.85. The number of hydrogen-bond acceptors (Lipinski definition) is 7. The van der Waals surface area contributed by atoms with E-state index in [4.69, 9.17) is 10.7 Å². The van der Waals surface area contributed by atoms with Crippen LogP contribution in [0.4, 0.5) is 5.69 Å². The average molecular weight is 379 g/mol. The zero-order valence-electron chi connectivity index (χ0n) is 13.7. The summed E-state index contributed by atoms with van der Waals surface area (Å²) < 4.78 is 4.50. The average Bonchev–Trinajstić information content (AvgIpc) is 3.32. The fourth-order valence-corrected chi connectivity index (χ4v) is 4.33. The highest BCUT2D eigenvalue weighted by atomic mass is 32.2. The Morgan fingerprint density at radius 3 is 2.88 bits per heavy atom. The number of aromatic nitrogens is 6. The summed E-state index contributed by atoms with van der Waals surface area (Å²) in [6.07, 6.45) is 7.19. The number of fused-ring (bicyclic) bond motifs is 2. The van der Waals surface area contributed by atoms with Crippen molar-refractivity contribution < 1.29 is 0 Å². The molecular formula is C17H13N7S2. The molecule has 0 aromatic carbocycles. The number of pyridine rings is 1. The maximum atomic E-state index is 6.29. The summed E-state index contributed by atoms with van der Waals surface area (Å²) >= 11 is 5.96. The normalized spacial score (nSPS) is 11.6. The molecule has 0 fully saturated rings. The van der Waals surface area contributed by atoms with Gasteiger partial charge in [0, 0.05) is 36.6 Å². The Bertz CT molecular complexity index is 1280. The molecule has 7 nitrogen and oxygen atoms in total. The molecule has 9 heteroatoms. The molecule has 0 saturated carbocycles. The largest absolute Gasteiger partial charge is 0.397 e. The van der Waals surface area contributed by atoms with Crippen molar-refractivity contribution in [1.82, 2.24) is 29.1 Å². The summed E-state index contributed by atoms with van der Waals surface area (Å²) in [5.41, 5.74) is 10.5. The second kappa shape index (κ2) is 5.55. The Kier molecular flexibility index (Phi) is 3.28. The quantitative estimate of drug-likeness (QED) is 0.460. The first-order valence-electron chi connectivity index (χ1n) is 7.82. The van der Waals surface area contributed by atoms with Crippen LogP contribution in [0.1, 0.15) is 0 Å². The van der Waals surface area contributed by atoms with Crippen LogP contribution in [0.2, 0.25) is 0 Å². The van der Waals surface area contributed by atoms with Gasteiger partial charge in [-0.05, 0) is 18.2 Å². The van der Waals surface area contributed by atoms with Crippen LogP contribution in [0.3, 0.4) is 0 Å². The van der Waals surface area contributed by atoms with Gasteiger partial charge in [0.25, 0.3) is 0 Å². The zero-order chi connectivity index (χ0) is 17.8. The lowest BCUT2D eigenvalue weighted by atomic mass is 10.1. The van der Waals surface area contributed by atoms with Crippen LogP contribution >= 0.6 is 24.0 Å². The van der Waals surface area contributed by atoms with E-state index in [9.17, 15) is 0 Å². The van der Waals surface area contributed by atoms with Gasteiger partial charge in [-0.25, -0.2) is 15.0 Å². The Hall–Kier alpha value is -2.91. The van der Waals surface area contributed by atoms with Gasteiger partial charge >= 0.3 is 0 Å².